The van der Waals surface area contributed by atoms with E-state index in [4.69, 9.17) is 0 Å². The standard InChI is InChI=1S/C9H5BrN2O2/c1-6-2-7(10)9(12-5-14)3-8(6)11-4-13/h2-3H,1H3. The molecule has 0 amide bonds. The van der Waals surface area contributed by atoms with Crippen molar-refractivity contribution in [3.05, 3.63) is 22.2 Å². The molecule has 4 nitrogen and oxygen atoms in total. The number of carbonyl (C=O) groups excluding carboxylic acids is 2. The Bertz CT molecular complexity index is 419. The van der Waals surface area contributed by atoms with Crippen molar-refractivity contribution in [3.8, 4) is 0 Å². The maximum absolute atomic E-state index is 10.1. The number of benzene rings is 1. The minimum absolute atomic E-state index is 0.389. The molecular weight excluding hydrogens is 248 g/mol. The van der Waals surface area contributed by atoms with Gasteiger partial charge in [-0.25, -0.2) is 9.59 Å². The van der Waals surface area contributed by atoms with Gasteiger partial charge in [0.2, 0.25) is 12.2 Å². The second-order valence-corrected chi connectivity index (χ2v) is 3.35. The third-order valence-electron chi connectivity index (χ3n) is 1.60. The zero-order valence-corrected chi connectivity index (χ0v) is 8.83. The molecule has 1 aromatic carbocycles. The summed E-state index contributed by atoms with van der Waals surface area (Å²) in [6.45, 7) is 1.79. The number of nitrogens with zero attached hydrogens (tertiary/aromatic N) is 2. The van der Waals surface area contributed by atoms with Gasteiger partial charge in [0.1, 0.15) is 0 Å². The van der Waals surface area contributed by atoms with Gasteiger partial charge < -0.3 is 0 Å². The molecule has 70 valence electrons. The van der Waals surface area contributed by atoms with Crippen molar-refractivity contribution in [1.29, 1.82) is 0 Å². The fraction of sp³-hybridized carbons (Fsp3) is 0.111. The van der Waals surface area contributed by atoms with E-state index in [1.807, 2.05) is 0 Å². The highest BCUT2D eigenvalue weighted by Crippen LogP contribution is 2.32. The molecule has 0 aliphatic carbocycles. The van der Waals surface area contributed by atoms with Crippen LogP contribution >= 0.6 is 15.9 Å². The number of rotatable bonds is 2. The Balaban J connectivity index is 3.40. The summed E-state index contributed by atoms with van der Waals surface area (Å²) in [6, 6.07) is 3.22. The molecule has 0 aromatic heterocycles. The lowest BCUT2D eigenvalue weighted by Gasteiger charge is -2.01. The molecular formula is C9H5BrN2O2. The number of hydrogen-bond donors (Lipinski definition) is 0. The Morgan fingerprint density at radius 1 is 1.14 bits per heavy atom. The molecule has 0 fully saturated rings. The van der Waals surface area contributed by atoms with Gasteiger partial charge in [-0.2, -0.15) is 9.98 Å². The predicted octanol–water partition coefficient (Wildman–Crippen LogP) is 2.69. The summed E-state index contributed by atoms with van der Waals surface area (Å²) in [7, 11) is 0. The van der Waals surface area contributed by atoms with Crippen molar-refractivity contribution in [2.75, 3.05) is 0 Å². The third kappa shape index (κ3) is 2.24. The van der Waals surface area contributed by atoms with E-state index in [0.29, 0.717) is 15.8 Å². The molecule has 0 aliphatic heterocycles. The normalized spacial score (nSPS) is 8.71. The molecule has 1 aromatic rings. The summed E-state index contributed by atoms with van der Waals surface area (Å²) >= 11 is 3.22. The summed E-state index contributed by atoms with van der Waals surface area (Å²) in [4.78, 5) is 27.1. The molecule has 0 unspecified atom stereocenters. The molecule has 14 heavy (non-hydrogen) atoms. The van der Waals surface area contributed by atoms with Crippen molar-refractivity contribution < 1.29 is 9.59 Å². The van der Waals surface area contributed by atoms with Gasteiger partial charge in [-0.1, -0.05) is 0 Å². The van der Waals surface area contributed by atoms with E-state index in [1.165, 1.54) is 18.2 Å². The van der Waals surface area contributed by atoms with Crippen molar-refractivity contribution in [2.24, 2.45) is 9.98 Å². The van der Waals surface area contributed by atoms with Crippen molar-refractivity contribution in [1.82, 2.24) is 0 Å². The zero-order chi connectivity index (χ0) is 10.6. The maximum Gasteiger partial charge on any atom is 0.240 e. The number of aliphatic imine (C=N–C) groups is 2. The van der Waals surface area contributed by atoms with Crippen LogP contribution in [0, 0.1) is 6.92 Å². The van der Waals surface area contributed by atoms with E-state index in [9.17, 15) is 9.59 Å². The quantitative estimate of drug-likeness (QED) is 0.600. The van der Waals surface area contributed by atoms with Gasteiger partial charge in [-0.3, -0.25) is 0 Å². The summed E-state index contributed by atoms with van der Waals surface area (Å²) in [6.07, 6.45) is 2.85. The number of halogens is 1. The Labute approximate surface area is 88.5 Å². The number of aryl methyl sites for hydroxylation is 1. The lowest BCUT2D eigenvalue weighted by Crippen LogP contribution is -1.76. The van der Waals surface area contributed by atoms with E-state index >= 15 is 0 Å². The second-order valence-electron chi connectivity index (χ2n) is 2.50. The molecule has 0 saturated heterocycles. The van der Waals surface area contributed by atoms with E-state index in [1.54, 1.807) is 13.0 Å². The van der Waals surface area contributed by atoms with Gasteiger partial charge in [-0.05, 0) is 40.5 Å². The molecule has 1 rings (SSSR count). The third-order valence-corrected chi connectivity index (χ3v) is 2.23. The Hall–Kier alpha value is -1.54. The van der Waals surface area contributed by atoms with Crippen LogP contribution in [0.4, 0.5) is 11.4 Å². The van der Waals surface area contributed by atoms with Crippen LogP contribution in [-0.2, 0) is 9.59 Å². The molecule has 0 heterocycles. The highest BCUT2D eigenvalue weighted by molar-refractivity contribution is 9.10. The number of hydrogen-bond acceptors (Lipinski definition) is 4. The van der Waals surface area contributed by atoms with Crippen LogP contribution in [0.15, 0.2) is 26.6 Å². The van der Waals surface area contributed by atoms with Crippen molar-refractivity contribution in [2.45, 2.75) is 6.92 Å². The van der Waals surface area contributed by atoms with E-state index < -0.39 is 0 Å². The average Bonchev–Trinajstić information content (AvgIpc) is 2.14. The fourth-order valence-electron chi connectivity index (χ4n) is 0.955. The lowest BCUT2D eigenvalue weighted by atomic mass is 10.2. The Morgan fingerprint density at radius 3 is 2.29 bits per heavy atom. The van der Waals surface area contributed by atoms with Crippen LogP contribution < -0.4 is 0 Å². The molecule has 0 N–H and O–H groups in total. The smallest absolute Gasteiger partial charge is 0.211 e. The van der Waals surface area contributed by atoms with Gasteiger partial charge >= 0.3 is 0 Å². The average molecular weight is 253 g/mol. The molecule has 0 radical (unpaired) electrons. The SMILES string of the molecule is Cc1cc(Br)c(N=C=O)cc1N=C=O. The Kier molecular flexibility index (Phi) is 3.48. The first-order valence-electron chi connectivity index (χ1n) is 3.65. The topological polar surface area (TPSA) is 58.9 Å². The molecule has 0 spiro atoms. The number of isocyanates is 2. The molecule has 0 bridgehead atoms. The summed E-state index contributed by atoms with van der Waals surface area (Å²) in [5, 5.41) is 0. The van der Waals surface area contributed by atoms with E-state index in [0.717, 1.165) is 5.56 Å². The molecule has 0 atom stereocenters. The predicted molar refractivity (Wildman–Crippen MR) is 54.4 cm³/mol. The monoisotopic (exact) mass is 252 g/mol. The lowest BCUT2D eigenvalue weighted by molar-refractivity contribution is 0.565. The summed E-state index contributed by atoms with van der Waals surface area (Å²) < 4.78 is 0.656. The van der Waals surface area contributed by atoms with Crippen LogP contribution in [0.2, 0.25) is 0 Å². The van der Waals surface area contributed by atoms with Gasteiger partial charge in [0.15, 0.2) is 0 Å². The molecule has 0 saturated carbocycles. The zero-order valence-electron chi connectivity index (χ0n) is 7.24. The van der Waals surface area contributed by atoms with Crippen LogP contribution in [0.5, 0.6) is 0 Å². The van der Waals surface area contributed by atoms with E-state index in [-0.39, 0.29) is 0 Å². The fourth-order valence-corrected chi connectivity index (χ4v) is 1.50. The molecule has 0 aliphatic rings. The Morgan fingerprint density at radius 2 is 1.71 bits per heavy atom. The van der Waals surface area contributed by atoms with Crippen molar-refractivity contribution in [3.63, 3.8) is 0 Å². The van der Waals surface area contributed by atoms with Crippen LogP contribution in [0.1, 0.15) is 5.56 Å². The molecule has 5 heteroatoms. The highest BCUT2D eigenvalue weighted by Gasteiger charge is 2.03. The summed E-state index contributed by atoms with van der Waals surface area (Å²) in [5.74, 6) is 0. The van der Waals surface area contributed by atoms with Crippen LogP contribution in [0.3, 0.4) is 0 Å². The van der Waals surface area contributed by atoms with Gasteiger partial charge in [0.25, 0.3) is 0 Å². The first kappa shape index (κ1) is 10.5. The minimum atomic E-state index is 0.389. The van der Waals surface area contributed by atoms with E-state index in [2.05, 4.69) is 25.9 Å². The van der Waals surface area contributed by atoms with Crippen molar-refractivity contribution >= 4 is 39.5 Å². The second kappa shape index (κ2) is 4.63. The minimum Gasteiger partial charge on any atom is -0.211 e. The highest BCUT2D eigenvalue weighted by atomic mass is 79.9. The van der Waals surface area contributed by atoms with Gasteiger partial charge in [0.05, 0.1) is 11.4 Å². The van der Waals surface area contributed by atoms with Crippen LogP contribution in [0.25, 0.3) is 0 Å². The van der Waals surface area contributed by atoms with Gasteiger partial charge in [-0.15, -0.1) is 0 Å². The largest absolute Gasteiger partial charge is 0.240 e. The van der Waals surface area contributed by atoms with Crippen LogP contribution in [-0.4, -0.2) is 12.2 Å². The maximum atomic E-state index is 10.1. The summed E-state index contributed by atoms with van der Waals surface area (Å²) in [5.41, 5.74) is 1.63. The first-order chi connectivity index (χ1) is 6.69. The van der Waals surface area contributed by atoms with Gasteiger partial charge in [0, 0.05) is 4.47 Å². The first-order valence-corrected chi connectivity index (χ1v) is 4.44.